The number of ketones is 1. The molecule has 0 N–H and O–H groups in total. The van der Waals surface area contributed by atoms with Gasteiger partial charge in [-0.15, -0.1) is 0 Å². The van der Waals surface area contributed by atoms with E-state index in [9.17, 15) is 4.79 Å². The van der Waals surface area contributed by atoms with E-state index in [4.69, 9.17) is 9.47 Å². The Labute approximate surface area is 75.7 Å². The first-order valence-corrected chi connectivity index (χ1v) is 3.65. The van der Waals surface area contributed by atoms with E-state index in [1.54, 1.807) is 0 Å². The first-order chi connectivity index (χ1) is 6.19. The van der Waals surface area contributed by atoms with Gasteiger partial charge in [0.2, 0.25) is 11.8 Å². The third-order valence-electron chi connectivity index (χ3n) is 1.45. The van der Waals surface area contributed by atoms with Crippen molar-refractivity contribution < 1.29 is 14.3 Å². The van der Waals surface area contributed by atoms with Gasteiger partial charge in [0, 0.05) is 6.92 Å². The fraction of sp³-hybridized carbons (Fsp3) is 0.375. The molecule has 0 unspecified atom stereocenters. The maximum atomic E-state index is 11.0. The van der Waals surface area contributed by atoms with E-state index in [0.29, 0.717) is 5.88 Å². The fourth-order valence-electron chi connectivity index (χ4n) is 0.839. The summed E-state index contributed by atoms with van der Waals surface area (Å²) < 4.78 is 9.70. The lowest BCUT2D eigenvalue weighted by Gasteiger charge is -2.04. The molecule has 1 aromatic rings. The van der Waals surface area contributed by atoms with Crippen LogP contribution in [0.5, 0.6) is 11.8 Å². The zero-order valence-corrected chi connectivity index (χ0v) is 7.70. The van der Waals surface area contributed by atoms with E-state index in [1.807, 2.05) is 0 Å². The molecule has 0 aromatic carbocycles. The lowest BCUT2D eigenvalue weighted by Crippen LogP contribution is -2.04. The van der Waals surface area contributed by atoms with E-state index in [1.165, 1.54) is 27.3 Å². The summed E-state index contributed by atoms with van der Waals surface area (Å²) in [5.41, 5.74) is 0.211. The molecule has 0 spiro atoms. The molecule has 0 saturated carbocycles. The summed E-state index contributed by atoms with van der Waals surface area (Å²) >= 11 is 0. The monoisotopic (exact) mass is 182 g/mol. The summed E-state index contributed by atoms with van der Waals surface area (Å²) in [5, 5.41) is 0. The van der Waals surface area contributed by atoms with Crippen molar-refractivity contribution in [2.24, 2.45) is 0 Å². The number of carbonyl (C=O) groups excluding carboxylic acids is 1. The Kier molecular flexibility index (Phi) is 2.79. The topological polar surface area (TPSA) is 61.3 Å². The molecule has 70 valence electrons. The largest absolute Gasteiger partial charge is 0.480 e. The van der Waals surface area contributed by atoms with Crippen molar-refractivity contribution in [3.05, 3.63) is 11.9 Å². The second kappa shape index (κ2) is 3.84. The quantitative estimate of drug-likeness (QED) is 0.644. The second-order valence-corrected chi connectivity index (χ2v) is 2.33. The smallest absolute Gasteiger partial charge is 0.246 e. The lowest BCUT2D eigenvalue weighted by molar-refractivity contribution is 0.100. The maximum Gasteiger partial charge on any atom is 0.246 e. The van der Waals surface area contributed by atoms with Crippen LogP contribution in [-0.2, 0) is 0 Å². The molecule has 0 fully saturated rings. The maximum absolute atomic E-state index is 11.0. The van der Waals surface area contributed by atoms with Gasteiger partial charge >= 0.3 is 0 Å². The minimum atomic E-state index is -0.188. The molecule has 1 aromatic heterocycles. The predicted octanol–water partition coefficient (Wildman–Crippen LogP) is 0.696. The van der Waals surface area contributed by atoms with Crippen LogP contribution in [0.15, 0.2) is 6.20 Å². The molecule has 0 atom stereocenters. The van der Waals surface area contributed by atoms with E-state index >= 15 is 0 Å². The first-order valence-electron chi connectivity index (χ1n) is 3.65. The standard InChI is InChI=1S/C8H10N2O3/c1-5(11)7-8(13-3)10-6(12-2)4-9-7/h4H,1-3H3. The minimum absolute atomic E-state index is 0.187. The average molecular weight is 182 g/mol. The van der Waals surface area contributed by atoms with Crippen molar-refractivity contribution in [3.63, 3.8) is 0 Å². The van der Waals surface area contributed by atoms with Gasteiger partial charge in [-0.05, 0) is 0 Å². The SMILES string of the molecule is COc1cnc(C(C)=O)c(OC)n1. The first kappa shape index (κ1) is 9.44. The van der Waals surface area contributed by atoms with Gasteiger partial charge in [-0.1, -0.05) is 0 Å². The van der Waals surface area contributed by atoms with Crippen molar-refractivity contribution >= 4 is 5.78 Å². The van der Waals surface area contributed by atoms with Crippen molar-refractivity contribution in [1.82, 2.24) is 9.97 Å². The molecular weight excluding hydrogens is 172 g/mol. The molecule has 0 amide bonds. The highest BCUT2D eigenvalue weighted by atomic mass is 16.5. The Morgan fingerprint density at radius 2 is 2.08 bits per heavy atom. The molecule has 0 aliphatic heterocycles. The molecule has 0 aliphatic carbocycles. The van der Waals surface area contributed by atoms with Gasteiger partial charge in [0.25, 0.3) is 0 Å². The van der Waals surface area contributed by atoms with Gasteiger partial charge in [0.15, 0.2) is 11.5 Å². The second-order valence-electron chi connectivity index (χ2n) is 2.33. The third kappa shape index (κ3) is 1.93. The Morgan fingerprint density at radius 1 is 1.38 bits per heavy atom. The molecule has 13 heavy (non-hydrogen) atoms. The number of hydrogen-bond donors (Lipinski definition) is 0. The molecule has 0 saturated heterocycles. The van der Waals surface area contributed by atoms with Crippen molar-refractivity contribution in [3.8, 4) is 11.8 Å². The van der Waals surface area contributed by atoms with Gasteiger partial charge in [-0.3, -0.25) is 4.79 Å². The zero-order chi connectivity index (χ0) is 9.84. The third-order valence-corrected chi connectivity index (χ3v) is 1.45. The van der Waals surface area contributed by atoms with Crippen LogP contribution in [-0.4, -0.2) is 30.0 Å². The molecule has 0 aliphatic rings. The van der Waals surface area contributed by atoms with Gasteiger partial charge in [-0.2, -0.15) is 4.98 Å². The van der Waals surface area contributed by atoms with E-state index in [0.717, 1.165) is 0 Å². The highest BCUT2D eigenvalue weighted by Crippen LogP contribution is 2.16. The fourth-order valence-corrected chi connectivity index (χ4v) is 0.839. The van der Waals surface area contributed by atoms with Crippen LogP contribution >= 0.6 is 0 Å². The van der Waals surface area contributed by atoms with Crippen LogP contribution in [0.1, 0.15) is 17.4 Å². The lowest BCUT2D eigenvalue weighted by atomic mass is 10.3. The minimum Gasteiger partial charge on any atom is -0.480 e. The number of carbonyl (C=O) groups is 1. The summed E-state index contributed by atoms with van der Waals surface area (Å²) in [6, 6.07) is 0. The number of methoxy groups -OCH3 is 2. The summed E-state index contributed by atoms with van der Waals surface area (Å²) in [6.07, 6.45) is 1.37. The van der Waals surface area contributed by atoms with Crippen molar-refractivity contribution in [2.45, 2.75) is 6.92 Å². The zero-order valence-electron chi connectivity index (χ0n) is 7.70. The average Bonchev–Trinajstić information content (AvgIpc) is 2.16. The Balaban J connectivity index is 3.15. The summed E-state index contributed by atoms with van der Waals surface area (Å²) in [7, 11) is 2.90. The Bertz CT molecular complexity index is 325. The Morgan fingerprint density at radius 3 is 2.54 bits per heavy atom. The van der Waals surface area contributed by atoms with Crippen molar-refractivity contribution in [1.29, 1.82) is 0 Å². The van der Waals surface area contributed by atoms with Gasteiger partial charge in [0.1, 0.15) is 0 Å². The number of nitrogens with zero attached hydrogens (tertiary/aromatic N) is 2. The molecular formula is C8H10N2O3. The predicted molar refractivity (Wildman–Crippen MR) is 45.1 cm³/mol. The molecule has 0 bridgehead atoms. The summed E-state index contributed by atoms with van der Waals surface area (Å²) in [5.74, 6) is 0.320. The van der Waals surface area contributed by atoms with Crippen LogP contribution < -0.4 is 9.47 Å². The highest BCUT2D eigenvalue weighted by Gasteiger charge is 2.11. The van der Waals surface area contributed by atoms with Crippen LogP contribution in [0.4, 0.5) is 0 Å². The van der Waals surface area contributed by atoms with Gasteiger partial charge in [-0.25, -0.2) is 4.98 Å². The molecule has 5 nitrogen and oxygen atoms in total. The van der Waals surface area contributed by atoms with Crippen LogP contribution in [0.2, 0.25) is 0 Å². The number of hydrogen-bond acceptors (Lipinski definition) is 5. The number of rotatable bonds is 3. The van der Waals surface area contributed by atoms with Crippen LogP contribution in [0.3, 0.4) is 0 Å². The van der Waals surface area contributed by atoms with Gasteiger partial charge in [0.05, 0.1) is 20.4 Å². The number of aromatic nitrogens is 2. The number of ether oxygens (including phenoxy) is 2. The van der Waals surface area contributed by atoms with Crippen LogP contribution in [0, 0.1) is 0 Å². The van der Waals surface area contributed by atoms with E-state index in [2.05, 4.69) is 9.97 Å². The molecule has 5 heteroatoms. The summed E-state index contributed by atoms with van der Waals surface area (Å²) in [6.45, 7) is 1.40. The normalized spacial score (nSPS) is 9.46. The Hall–Kier alpha value is -1.65. The van der Waals surface area contributed by atoms with E-state index in [-0.39, 0.29) is 17.4 Å². The van der Waals surface area contributed by atoms with Crippen LogP contribution in [0.25, 0.3) is 0 Å². The van der Waals surface area contributed by atoms with Gasteiger partial charge < -0.3 is 9.47 Å². The molecule has 1 rings (SSSR count). The number of Topliss-reactive ketones (excluding diaryl/α,β-unsaturated/α-hetero) is 1. The highest BCUT2D eigenvalue weighted by molar-refractivity contribution is 5.94. The molecule has 1 heterocycles. The van der Waals surface area contributed by atoms with Crippen molar-refractivity contribution in [2.75, 3.05) is 14.2 Å². The molecule has 0 radical (unpaired) electrons. The summed E-state index contributed by atoms with van der Waals surface area (Å²) in [4.78, 5) is 18.8. The van der Waals surface area contributed by atoms with E-state index < -0.39 is 0 Å².